The van der Waals surface area contributed by atoms with Crippen LogP contribution in [-0.2, 0) is 24.2 Å². The molecule has 2 atom stereocenters. The highest BCUT2D eigenvalue weighted by Gasteiger charge is 2.25. The van der Waals surface area contributed by atoms with Gasteiger partial charge in [-0.1, -0.05) is 25.7 Å². The zero-order chi connectivity index (χ0) is 16.8. The number of nitrogens with zero attached hydrogens (tertiary/aromatic N) is 3. The van der Waals surface area contributed by atoms with Crippen LogP contribution in [0.2, 0.25) is 0 Å². The summed E-state index contributed by atoms with van der Waals surface area (Å²) in [5.41, 5.74) is 0. The van der Waals surface area contributed by atoms with Crippen LogP contribution in [0.25, 0.3) is 0 Å². The Labute approximate surface area is 143 Å². The first kappa shape index (κ1) is 17.2. The van der Waals surface area contributed by atoms with E-state index in [4.69, 9.17) is 4.74 Å². The zero-order valence-corrected chi connectivity index (χ0v) is 14.6. The van der Waals surface area contributed by atoms with E-state index in [1.54, 1.807) is 7.11 Å². The second-order valence-electron chi connectivity index (χ2n) is 6.84. The maximum absolute atomic E-state index is 12.3. The van der Waals surface area contributed by atoms with E-state index in [-0.39, 0.29) is 18.2 Å². The number of urea groups is 1. The van der Waals surface area contributed by atoms with Gasteiger partial charge in [-0.3, -0.25) is 0 Å². The molecule has 7 heteroatoms. The van der Waals surface area contributed by atoms with Crippen molar-refractivity contribution in [2.75, 3.05) is 7.11 Å². The smallest absolute Gasteiger partial charge is 0.315 e. The van der Waals surface area contributed by atoms with Crippen LogP contribution in [0.1, 0.15) is 63.0 Å². The minimum atomic E-state index is -0.144. The average Bonchev–Trinajstić information content (AvgIpc) is 2.76. The minimum absolute atomic E-state index is 0.0908. The summed E-state index contributed by atoms with van der Waals surface area (Å²) in [5.74, 6) is 1.90. The van der Waals surface area contributed by atoms with Crippen LogP contribution < -0.4 is 10.6 Å². The molecule has 0 unspecified atom stereocenters. The van der Waals surface area contributed by atoms with Gasteiger partial charge in [-0.25, -0.2) is 4.79 Å². The number of methoxy groups -OCH3 is 1. The number of hydrogen-bond acceptors (Lipinski definition) is 4. The number of aryl methyl sites for hydroxylation is 1. The van der Waals surface area contributed by atoms with Crippen molar-refractivity contribution in [2.45, 2.75) is 83.0 Å². The molecule has 1 aliphatic heterocycles. The summed E-state index contributed by atoms with van der Waals surface area (Å²) < 4.78 is 7.72. The van der Waals surface area contributed by atoms with Crippen LogP contribution in [0.5, 0.6) is 0 Å². The third-order valence-corrected chi connectivity index (χ3v) is 5.16. The molecule has 0 radical (unpaired) electrons. The van der Waals surface area contributed by atoms with Crippen molar-refractivity contribution in [3.05, 3.63) is 11.6 Å². The lowest BCUT2D eigenvalue weighted by Crippen LogP contribution is -2.47. The summed E-state index contributed by atoms with van der Waals surface area (Å²) >= 11 is 0. The van der Waals surface area contributed by atoms with Gasteiger partial charge < -0.3 is 19.9 Å². The van der Waals surface area contributed by atoms with Gasteiger partial charge >= 0.3 is 6.03 Å². The zero-order valence-electron chi connectivity index (χ0n) is 14.6. The molecule has 134 valence electrons. The molecule has 2 heterocycles. The molecule has 3 rings (SSSR count). The van der Waals surface area contributed by atoms with Crippen LogP contribution in [0, 0.1) is 0 Å². The van der Waals surface area contributed by atoms with Crippen LogP contribution in [0.4, 0.5) is 4.79 Å². The van der Waals surface area contributed by atoms with Gasteiger partial charge in [0, 0.05) is 20.1 Å². The number of ether oxygens (including phenoxy) is 1. The predicted octanol–water partition coefficient (Wildman–Crippen LogP) is 2.15. The van der Waals surface area contributed by atoms with Crippen molar-refractivity contribution >= 4 is 6.03 Å². The van der Waals surface area contributed by atoms with E-state index in [2.05, 4.69) is 25.4 Å². The van der Waals surface area contributed by atoms with Gasteiger partial charge in [0.05, 0.1) is 18.7 Å². The van der Waals surface area contributed by atoms with E-state index in [0.29, 0.717) is 6.54 Å². The minimum Gasteiger partial charge on any atom is -0.379 e. The lowest BCUT2D eigenvalue weighted by atomic mass is 10.1. The maximum atomic E-state index is 12.3. The Balaban J connectivity index is 1.53. The van der Waals surface area contributed by atoms with E-state index in [0.717, 1.165) is 50.3 Å². The molecule has 7 nitrogen and oxygen atoms in total. The predicted molar refractivity (Wildman–Crippen MR) is 90.6 cm³/mol. The van der Waals surface area contributed by atoms with Crippen molar-refractivity contribution < 1.29 is 9.53 Å². The largest absolute Gasteiger partial charge is 0.379 e. The van der Waals surface area contributed by atoms with Crippen LogP contribution in [0.3, 0.4) is 0 Å². The Morgan fingerprint density at radius 2 is 2.00 bits per heavy atom. The van der Waals surface area contributed by atoms with Crippen molar-refractivity contribution in [2.24, 2.45) is 0 Å². The average molecular weight is 335 g/mol. The highest BCUT2D eigenvalue weighted by molar-refractivity contribution is 5.74. The van der Waals surface area contributed by atoms with Crippen molar-refractivity contribution in [3.8, 4) is 0 Å². The molecule has 0 bridgehead atoms. The molecule has 2 amide bonds. The fourth-order valence-corrected chi connectivity index (χ4v) is 3.78. The highest BCUT2D eigenvalue weighted by Crippen LogP contribution is 2.20. The van der Waals surface area contributed by atoms with Gasteiger partial charge in [0.2, 0.25) is 0 Å². The van der Waals surface area contributed by atoms with Crippen molar-refractivity contribution in [1.29, 1.82) is 0 Å². The number of aromatic nitrogens is 3. The highest BCUT2D eigenvalue weighted by atomic mass is 16.5. The van der Waals surface area contributed by atoms with Gasteiger partial charge in [-0.2, -0.15) is 0 Å². The maximum Gasteiger partial charge on any atom is 0.315 e. The molecule has 1 saturated carbocycles. The molecule has 1 aromatic rings. The monoisotopic (exact) mass is 335 g/mol. The third-order valence-electron chi connectivity index (χ3n) is 5.16. The summed E-state index contributed by atoms with van der Waals surface area (Å²) in [6.45, 7) is 1.37. The van der Waals surface area contributed by atoms with Gasteiger partial charge in [0.1, 0.15) is 5.82 Å². The number of hydrogen-bond donors (Lipinski definition) is 2. The van der Waals surface area contributed by atoms with Gasteiger partial charge in [0.25, 0.3) is 0 Å². The number of nitrogens with one attached hydrogen (secondary N) is 2. The van der Waals surface area contributed by atoms with Crippen molar-refractivity contribution in [1.82, 2.24) is 25.4 Å². The van der Waals surface area contributed by atoms with E-state index in [1.165, 1.54) is 25.7 Å². The second-order valence-corrected chi connectivity index (χ2v) is 6.84. The summed E-state index contributed by atoms with van der Waals surface area (Å²) in [6, 6.07) is -0.0528. The van der Waals surface area contributed by atoms with Crippen molar-refractivity contribution in [3.63, 3.8) is 0 Å². The SMILES string of the molecule is CO[C@@H]1CCCCC[C@H]1NC(=O)NCc1nnc2n1CCCCC2. The standard InChI is InChI=1S/C17H29N5O2/c1-24-14-9-5-2-4-8-13(14)19-17(23)18-12-16-21-20-15-10-6-3-7-11-22(15)16/h13-14H,2-12H2,1H3,(H2,18,19,23)/t13-,14-/m1/s1. The van der Waals surface area contributed by atoms with E-state index in [9.17, 15) is 4.79 Å². The Kier molecular flexibility index (Phi) is 6.07. The first-order valence-electron chi connectivity index (χ1n) is 9.26. The number of carbonyl (C=O) groups excluding carboxylic acids is 1. The van der Waals surface area contributed by atoms with E-state index < -0.39 is 0 Å². The van der Waals surface area contributed by atoms with Gasteiger partial charge in [-0.15, -0.1) is 10.2 Å². The summed E-state index contributed by atoms with van der Waals surface area (Å²) in [6.07, 6.45) is 10.2. The molecule has 1 aromatic heterocycles. The fraction of sp³-hybridized carbons (Fsp3) is 0.824. The molecule has 1 fully saturated rings. The van der Waals surface area contributed by atoms with Crippen LogP contribution in [-0.4, -0.2) is 40.1 Å². The quantitative estimate of drug-likeness (QED) is 0.826. The first-order valence-corrected chi connectivity index (χ1v) is 9.26. The van der Waals surface area contributed by atoms with E-state index in [1.807, 2.05) is 0 Å². The van der Waals surface area contributed by atoms with Crippen LogP contribution >= 0.6 is 0 Å². The second kappa shape index (κ2) is 8.46. The molecular weight excluding hydrogens is 306 g/mol. The molecule has 2 aliphatic rings. The molecular formula is C17H29N5O2. The number of amides is 2. The molecule has 0 spiro atoms. The Hall–Kier alpha value is -1.63. The molecule has 0 saturated heterocycles. The summed E-state index contributed by atoms with van der Waals surface area (Å²) in [5, 5.41) is 14.5. The Bertz CT molecular complexity index is 545. The molecule has 24 heavy (non-hydrogen) atoms. The lowest BCUT2D eigenvalue weighted by molar-refractivity contribution is 0.0660. The topological polar surface area (TPSA) is 81.1 Å². The number of rotatable bonds is 4. The normalized spacial score (nSPS) is 24.5. The fourth-order valence-electron chi connectivity index (χ4n) is 3.78. The summed E-state index contributed by atoms with van der Waals surface area (Å²) in [4.78, 5) is 12.3. The molecule has 2 N–H and O–H groups in total. The van der Waals surface area contributed by atoms with Crippen LogP contribution in [0.15, 0.2) is 0 Å². The third kappa shape index (κ3) is 4.26. The molecule has 0 aromatic carbocycles. The lowest BCUT2D eigenvalue weighted by Gasteiger charge is -2.25. The van der Waals surface area contributed by atoms with E-state index >= 15 is 0 Å². The Morgan fingerprint density at radius 3 is 2.88 bits per heavy atom. The van der Waals surface area contributed by atoms with Gasteiger partial charge in [-0.05, 0) is 25.7 Å². The number of carbonyl (C=O) groups is 1. The number of fused-ring (bicyclic) bond motifs is 1. The van der Waals surface area contributed by atoms with Gasteiger partial charge in [0.15, 0.2) is 5.82 Å². The summed E-state index contributed by atoms with van der Waals surface area (Å²) in [7, 11) is 1.73. The Morgan fingerprint density at radius 1 is 1.17 bits per heavy atom. The first-order chi connectivity index (χ1) is 11.8. The molecule has 1 aliphatic carbocycles.